The zero-order chi connectivity index (χ0) is 19.1. The van der Waals surface area contributed by atoms with Crippen molar-refractivity contribution in [2.75, 3.05) is 29.9 Å². The Balaban J connectivity index is 1.36. The Kier molecular flexibility index (Phi) is 4.00. The molecule has 1 amide bonds. The maximum atomic E-state index is 11.7. The van der Waals surface area contributed by atoms with E-state index in [1.165, 1.54) is 17.6 Å². The fourth-order valence-electron chi connectivity index (χ4n) is 4.08. The summed E-state index contributed by atoms with van der Waals surface area (Å²) in [4.78, 5) is 22.7. The minimum absolute atomic E-state index is 0.264. The first-order valence-electron chi connectivity index (χ1n) is 9.50. The van der Waals surface area contributed by atoms with Gasteiger partial charge in [-0.05, 0) is 42.3 Å². The van der Waals surface area contributed by atoms with Crippen molar-refractivity contribution >= 4 is 28.3 Å². The minimum atomic E-state index is -0.483. The lowest BCUT2D eigenvalue weighted by atomic mass is 10.1. The molecule has 5 rings (SSSR count). The summed E-state index contributed by atoms with van der Waals surface area (Å²) in [5.74, 6) is 1.26. The molecule has 1 unspecified atom stereocenters. The van der Waals surface area contributed by atoms with Gasteiger partial charge in [0, 0.05) is 36.6 Å². The topological polar surface area (TPSA) is 93.4 Å². The second-order valence-corrected chi connectivity index (χ2v) is 7.25. The van der Waals surface area contributed by atoms with Gasteiger partial charge in [0.05, 0.1) is 17.7 Å². The second kappa shape index (κ2) is 6.67. The van der Waals surface area contributed by atoms with Crippen molar-refractivity contribution in [1.29, 1.82) is 0 Å². The molecular weight excluding hydrogens is 354 g/mol. The molecule has 7 heteroatoms. The number of primary amides is 1. The van der Waals surface area contributed by atoms with Gasteiger partial charge in [-0.15, -0.1) is 0 Å². The quantitative estimate of drug-likeness (QED) is 0.727. The third-order valence-electron chi connectivity index (χ3n) is 5.50. The lowest BCUT2D eigenvalue weighted by Gasteiger charge is -2.20. The Labute approximate surface area is 162 Å². The number of carbonyl (C=O) groups is 1. The van der Waals surface area contributed by atoms with Crippen LogP contribution in [-0.2, 0) is 6.42 Å². The molecule has 1 atom stereocenters. The number of hydrogen-bond acceptors (Lipinski definition) is 6. The maximum Gasteiger partial charge on any atom is 0.250 e. The zero-order valence-corrected chi connectivity index (χ0v) is 15.4. The second-order valence-electron chi connectivity index (χ2n) is 7.25. The predicted molar refractivity (Wildman–Crippen MR) is 108 cm³/mol. The highest BCUT2D eigenvalue weighted by Crippen LogP contribution is 2.32. The molecule has 7 nitrogen and oxygen atoms in total. The highest BCUT2D eigenvalue weighted by atomic mass is 16.5. The molecule has 0 saturated carbocycles. The van der Waals surface area contributed by atoms with Crippen LogP contribution in [0.1, 0.15) is 22.3 Å². The van der Waals surface area contributed by atoms with Crippen molar-refractivity contribution in [3.63, 3.8) is 0 Å². The van der Waals surface area contributed by atoms with Gasteiger partial charge in [-0.25, -0.2) is 9.97 Å². The predicted octanol–water partition coefficient (Wildman–Crippen LogP) is 2.35. The molecule has 1 saturated heterocycles. The van der Waals surface area contributed by atoms with Gasteiger partial charge in [0.2, 0.25) is 0 Å². The van der Waals surface area contributed by atoms with Crippen molar-refractivity contribution in [1.82, 2.24) is 9.97 Å². The number of nitrogens with one attached hydrogen (secondary N) is 1. The summed E-state index contributed by atoms with van der Waals surface area (Å²) >= 11 is 0. The van der Waals surface area contributed by atoms with Crippen molar-refractivity contribution in [3.8, 4) is 5.75 Å². The zero-order valence-electron chi connectivity index (χ0n) is 15.4. The van der Waals surface area contributed by atoms with Crippen LogP contribution in [0.3, 0.4) is 0 Å². The molecule has 2 aliphatic heterocycles. The molecule has 0 spiro atoms. The largest absolute Gasteiger partial charge is 0.493 e. The number of hydrogen-bond donors (Lipinski definition) is 2. The molecule has 0 bridgehead atoms. The van der Waals surface area contributed by atoms with E-state index in [0.717, 1.165) is 49.5 Å². The standard InChI is InChI=1S/C21H21N5O2/c22-20(27)16-2-1-3-17-19(16)23-12-24-21(17)25-14-6-8-26(11-14)15-4-5-18-13(10-15)7-9-28-18/h1-5,10,12,14H,6-9,11H2,(H2,22,27)(H,23,24,25). The van der Waals surface area contributed by atoms with E-state index in [1.807, 2.05) is 12.1 Å². The van der Waals surface area contributed by atoms with E-state index in [0.29, 0.717) is 11.1 Å². The number of fused-ring (bicyclic) bond motifs is 2. The molecule has 142 valence electrons. The van der Waals surface area contributed by atoms with E-state index < -0.39 is 5.91 Å². The average molecular weight is 375 g/mol. The maximum absolute atomic E-state index is 11.7. The van der Waals surface area contributed by atoms with Crippen LogP contribution in [0, 0.1) is 0 Å². The molecule has 0 radical (unpaired) electrons. The van der Waals surface area contributed by atoms with Crippen molar-refractivity contribution < 1.29 is 9.53 Å². The summed E-state index contributed by atoms with van der Waals surface area (Å²) in [6, 6.07) is 12.1. The molecular formula is C21H21N5O2. The molecule has 2 aliphatic rings. The third-order valence-corrected chi connectivity index (χ3v) is 5.50. The molecule has 28 heavy (non-hydrogen) atoms. The number of benzene rings is 2. The summed E-state index contributed by atoms with van der Waals surface area (Å²) in [6.07, 6.45) is 3.47. The van der Waals surface area contributed by atoms with E-state index in [1.54, 1.807) is 6.07 Å². The van der Waals surface area contributed by atoms with E-state index in [9.17, 15) is 4.79 Å². The van der Waals surface area contributed by atoms with Gasteiger partial charge in [-0.3, -0.25) is 4.79 Å². The smallest absolute Gasteiger partial charge is 0.250 e. The number of ether oxygens (including phenoxy) is 1. The highest BCUT2D eigenvalue weighted by molar-refractivity contribution is 6.06. The Hall–Kier alpha value is -3.35. The first-order valence-corrected chi connectivity index (χ1v) is 9.50. The van der Waals surface area contributed by atoms with Crippen LogP contribution in [0.4, 0.5) is 11.5 Å². The average Bonchev–Trinajstić information content (AvgIpc) is 3.36. The number of nitrogens with two attached hydrogens (primary N) is 1. The van der Waals surface area contributed by atoms with Crippen molar-refractivity contribution in [2.24, 2.45) is 5.73 Å². The fraction of sp³-hybridized carbons (Fsp3) is 0.286. The molecule has 1 aromatic heterocycles. The van der Waals surface area contributed by atoms with Crippen molar-refractivity contribution in [3.05, 3.63) is 53.9 Å². The third kappa shape index (κ3) is 2.89. The van der Waals surface area contributed by atoms with Gasteiger partial charge in [-0.1, -0.05) is 6.07 Å². The molecule has 1 fully saturated rings. The SMILES string of the molecule is NC(=O)c1cccc2c(NC3CCN(c4ccc5c(c4)CCO5)C3)ncnc12. The van der Waals surface area contributed by atoms with Crippen LogP contribution in [0.5, 0.6) is 5.75 Å². The first-order chi connectivity index (χ1) is 13.7. The molecule has 3 N–H and O–H groups in total. The summed E-state index contributed by atoms with van der Waals surface area (Å²) in [6.45, 7) is 2.64. The van der Waals surface area contributed by atoms with Crippen LogP contribution in [0.25, 0.3) is 10.9 Å². The monoisotopic (exact) mass is 375 g/mol. The van der Waals surface area contributed by atoms with E-state index >= 15 is 0 Å². The Morgan fingerprint density at radius 3 is 3.07 bits per heavy atom. The van der Waals surface area contributed by atoms with Crippen molar-refractivity contribution in [2.45, 2.75) is 18.9 Å². The normalized spacial score (nSPS) is 18.1. The fourth-order valence-corrected chi connectivity index (χ4v) is 4.08. The summed E-state index contributed by atoms with van der Waals surface area (Å²) in [5.41, 5.74) is 9.00. The Bertz CT molecular complexity index is 1070. The van der Waals surface area contributed by atoms with Crippen LogP contribution >= 0.6 is 0 Å². The van der Waals surface area contributed by atoms with Gasteiger partial charge >= 0.3 is 0 Å². The number of amides is 1. The van der Waals surface area contributed by atoms with Gasteiger partial charge in [0.15, 0.2) is 0 Å². The van der Waals surface area contributed by atoms with Crippen LogP contribution in [-0.4, -0.2) is 41.6 Å². The highest BCUT2D eigenvalue weighted by Gasteiger charge is 2.25. The van der Waals surface area contributed by atoms with Gasteiger partial charge in [0.1, 0.15) is 17.9 Å². The molecule has 2 aromatic carbocycles. The first kappa shape index (κ1) is 16.8. The minimum Gasteiger partial charge on any atom is -0.493 e. The lowest BCUT2D eigenvalue weighted by Crippen LogP contribution is -2.26. The van der Waals surface area contributed by atoms with E-state index in [2.05, 4.69) is 38.4 Å². The van der Waals surface area contributed by atoms with Gasteiger partial charge in [0.25, 0.3) is 5.91 Å². The number of anilines is 2. The Morgan fingerprint density at radius 2 is 2.18 bits per heavy atom. The van der Waals surface area contributed by atoms with Gasteiger partial charge < -0.3 is 20.7 Å². The van der Waals surface area contributed by atoms with E-state index in [-0.39, 0.29) is 6.04 Å². The summed E-state index contributed by atoms with van der Waals surface area (Å²) in [7, 11) is 0. The number of rotatable bonds is 4. The molecule has 0 aliphatic carbocycles. The molecule has 3 heterocycles. The lowest BCUT2D eigenvalue weighted by molar-refractivity contribution is 0.100. The summed E-state index contributed by atoms with van der Waals surface area (Å²) in [5, 5.41) is 4.34. The van der Waals surface area contributed by atoms with Gasteiger partial charge in [-0.2, -0.15) is 0 Å². The number of carbonyl (C=O) groups excluding carboxylic acids is 1. The van der Waals surface area contributed by atoms with E-state index in [4.69, 9.17) is 10.5 Å². The molecule has 3 aromatic rings. The summed E-state index contributed by atoms with van der Waals surface area (Å²) < 4.78 is 5.61. The van der Waals surface area contributed by atoms with Crippen LogP contribution in [0.15, 0.2) is 42.7 Å². The van der Waals surface area contributed by atoms with Crippen LogP contribution in [0.2, 0.25) is 0 Å². The van der Waals surface area contributed by atoms with Crippen LogP contribution < -0.4 is 20.7 Å². The number of aromatic nitrogens is 2. The number of nitrogens with zero attached hydrogens (tertiary/aromatic N) is 3. The Morgan fingerprint density at radius 1 is 1.25 bits per heavy atom. The number of para-hydroxylation sites is 1.